The van der Waals surface area contributed by atoms with Crippen LogP contribution in [0, 0.1) is 0 Å². The van der Waals surface area contributed by atoms with Gasteiger partial charge in [0.05, 0.1) is 15.9 Å². The molecule has 0 radical (unpaired) electrons. The van der Waals surface area contributed by atoms with Crippen molar-refractivity contribution in [1.29, 1.82) is 0 Å². The number of nitrogens with zero attached hydrogens (tertiary/aromatic N) is 3. The number of aromatic nitrogens is 2. The Balaban J connectivity index is 1.60. The molecular weight excluding hydrogens is 396 g/mol. The minimum atomic E-state index is -0.551. The summed E-state index contributed by atoms with van der Waals surface area (Å²) < 4.78 is 0.205. The summed E-state index contributed by atoms with van der Waals surface area (Å²) in [6.07, 6.45) is 4.86. The number of fused-ring (bicyclic) bond motifs is 1. The lowest BCUT2D eigenvalue weighted by molar-refractivity contribution is -0.123. The number of hydrogen-bond acceptors (Lipinski definition) is 7. The fourth-order valence-electron chi connectivity index (χ4n) is 2.65. The highest BCUT2D eigenvalue weighted by molar-refractivity contribution is 8.26. The van der Waals surface area contributed by atoms with Crippen LogP contribution in [0.2, 0.25) is 0 Å². The van der Waals surface area contributed by atoms with E-state index in [0.717, 1.165) is 22.3 Å². The van der Waals surface area contributed by atoms with E-state index in [1.54, 1.807) is 18.5 Å². The van der Waals surface area contributed by atoms with Crippen molar-refractivity contribution < 1.29 is 14.7 Å². The van der Waals surface area contributed by atoms with E-state index in [1.165, 1.54) is 24.3 Å². The van der Waals surface area contributed by atoms with Crippen LogP contribution in [0.4, 0.5) is 0 Å². The van der Waals surface area contributed by atoms with Crippen molar-refractivity contribution in [3.05, 3.63) is 70.9 Å². The van der Waals surface area contributed by atoms with Crippen molar-refractivity contribution >= 4 is 57.2 Å². The maximum atomic E-state index is 12.7. The van der Waals surface area contributed by atoms with E-state index < -0.39 is 11.8 Å². The molecule has 2 amide bonds. The number of carbonyl (C=O) groups is 2. The van der Waals surface area contributed by atoms with Gasteiger partial charge < -0.3 is 5.11 Å². The second-order valence-electron chi connectivity index (χ2n) is 5.78. The highest BCUT2D eigenvalue weighted by Gasteiger charge is 2.34. The smallest absolute Gasteiger partial charge is 0.285 e. The van der Waals surface area contributed by atoms with Crippen LogP contribution >= 0.6 is 24.0 Å². The lowest BCUT2D eigenvalue weighted by atomic mass is 10.1. The summed E-state index contributed by atoms with van der Waals surface area (Å²) in [5.41, 5.74) is 4.79. The highest BCUT2D eigenvalue weighted by atomic mass is 32.2. The first kappa shape index (κ1) is 18.1. The Morgan fingerprint density at radius 3 is 2.79 bits per heavy atom. The molecule has 1 aliphatic heterocycles. The third-order valence-electron chi connectivity index (χ3n) is 3.93. The van der Waals surface area contributed by atoms with Crippen LogP contribution < -0.4 is 5.43 Å². The van der Waals surface area contributed by atoms with Gasteiger partial charge in [0.25, 0.3) is 11.8 Å². The second kappa shape index (κ2) is 7.37. The van der Waals surface area contributed by atoms with Gasteiger partial charge in [0.15, 0.2) is 4.32 Å². The third kappa shape index (κ3) is 3.45. The topological polar surface area (TPSA) is 95.4 Å². The number of amides is 2. The minimum absolute atomic E-state index is 0.0463. The van der Waals surface area contributed by atoms with E-state index in [1.807, 2.05) is 18.2 Å². The number of aromatic hydroxyl groups is 1. The Morgan fingerprint density at radius 1 is 1.18 bits per heavy atom. The van der Waals surface area contributed by atoms with Crippen LogP contribution in [0.3, 0.4) is 0 Å². The average molecular weight is 408 g/mol. The number of hydrazine groups is 1. The van der Waals surface area contributed by atoms with Crippen molar-refractivity contribution in [2.24, 2.45) is 0 Å². The predicted octanol–water partition coefficient (Wildman–Crippen LogP) is 2.88. The molecule has 2 N–H and O–H groups in total. The summed E-state index contributed by atoms with van der Waals surface area (Å²) in [6.45, 7) is 0. The number of benzene rings is 2. The Bertz CT molecular complexity index is 1160. The molecule has 138 valence electrons. The molecule has 1 aliphatic rings. The molecule has 4 rings (SSSR count). The zero-order valence-electron chi connectivity index (χ0n) is 14.2. The number of thioether (sulfide) groups is 1. The largest absolute Gasteiger partial charge is 0.508 e. The molecule has 0 unspecified atom stereocenters. The molecule has 2 heterocycles. The molecule has 7 nitrogen and oxygen atoms in total. The van der Waals surface area contributed by atoms with Crippen LogP contribution in [0.5, 0.6) is 5.75 Å². The summed E-state index contributed by atoms with van der Waals surface area (Å²) in [7, 11) is 0. The Kier molecular flexibility index (Phi) is 4.76. The lowest BCUT2D eigenvalue weighted by Gasteiger charge is -2.15. The molecule has 0 aliphatic carbocycles. The Hall–Kier alpha value is -3.30. The monoisotopic (exact) mass is 408 g/mol. The van der Waals surface area contributed by atoms with E-state index in [0.29, 0.717) is 15.9 Å². The maximum absolute atomic E-state index is 12.7. The molecular formula is C19H12N4O3S2. The van der Waals surface area contributed by atoms with Gasteiger partial charge in [-0.1, -0.05) is 30.0 Å². The maximum Gasteiger partial charge on any atom is 0.285 e. The van der Waals surface area contributed by atoms with Crippen molar-refractivity contribution in [2.45, 2.75) is 0 Å². The first-order valence-corrected chi connectivity index (χ1v) is 9.33. The normalized spacial score (nSPS) is 15.4. The van der Waals surface area contributed by atoms with Crippen molar-refractivity contribution in [3.63, 3.8) is 0 Å². The molecule has 1 saturated heterocycles. The van der Waals surface area contributed by atoms with Crippen LogP contribution in [0.1, 0.15) is 15.9 Å². The number of nitrogens with one attached hydrogen (secondary N) is 1. The number of phenols is 1. The van der Waals surface area contributed by atoms with Crippen molar-refractivity contribution in [2.75, 3.05) is 0 Å². The summed E-state index contributed by atoms with van der Waals surface area (Å²) in [5, 5.41) is 10.5. The van der Waals surface area contributed by atoms with Gasteiger partial charge >= 0.3 is 0 Å². The number of phenolic OH excluding ortho intramolecular Hbond substituents is 1. The summed E-state index contributed by atoms with van der Waals surface area (Å²) in [4.78, 5) is 34.0. The zero-order valence-corrected chi connectivity index (χ0v) is 15.8. The third-order valence-corrected chi connectivity index (χ3v) is 5.23. The number of carbonyl (C=O) groups excluding carboxylic acids is 2. The van der Waals surface area contributed by atoms with Crippen LogP contribution in [-0.4, -0.2) is 36.2 Å². The number of para-hydroxylation sites is 1. The second-order valence-corrected chi connectivity index (χ2v) is 7.46. The molecule has 28 heavy (non-hydrogen) atoms. The summed E-state index contributed by atoms with van der Waals surface area (Å²) in [6, 6.07) is 11.3. The Labute approximate surface area is 169 Å². The summed E-state index contributed by atoms with van der Waals surface area (Å²) in [5.74, 6) is -1.04. The molecule has 0 atom stereocenters. The van der Waals surface area contributed by atoms with Gasteiger partial charge in [-0.25, -0.2) is 0 Å². The van der Waals surface area contributed by atoms with E-state index in [2.05, 4.69) is 15.4 Å². The van der Waals surface area contributed by atoms with E-state index >= 15 is 0 Å². The van der Waals surface area contributed by atoms with Crippen molar-refractivity contribution in [1.82, 2.24) is 20.4 Å². The van der Waals surface area contributed by atoms with Crippen LogP contribution in [0.25, 0.3) is 17.1 Å². The molecule has 0 spiro atoms. The minimum Gasteiger partial charge on any atom is -0.508 e. The molecule has 1 fully saturated rings. The lowest BCUT2D eigenvalue weighted by Crippen LogP contribution is -2.44. The predicted molar refractivity (Wildman–Crippen MR) is 110 cm³/mol. The number of thiocarbonyl (C=S) groups is 1. The SMILES string of the molecule is O=C(NN1C(=O)C(=Cc2cccc3nccnc23)SC1=S)c1cccc(O)c1. The molecule has 0 bridgehead atoms. The van der Waals surface area contributed by atoms with E-state index in [-0.39, 0.29) is 15.6 Å². The zero-order chi connectivity index (χ0) is 19.7. The Morgan fingerprint density at radius 2 is 1.96 bits per heavy atom. The van der Waals surface area contributed by atoms with Crippen molar-refractivity contribution in [3.8, 4) is 5.75 Å². The average Bonchev–Trinajstić information content (AvgIpc) is 2.95. The molecule has 9 heteroatoms. The first-order chi connectivity index (χ1) is 13.5. The quantitative estimate of drug-likeness (QED) is 0.508. The summed E-state index contributed by atoms with van der Waals surface area (Å²) >= 11 is 6.32. The van der Waals surface area contributed by atoms with E-state index in [4.69, 9.17) is 12.2 Å². The molecule has 3 aromatic rings. The molecule has 1 aromatic heterocycles. The van der Waals surface area contributed by atoms with E-state index in [9.17, 15) is 14.7 Å². The standard InChI is InChI=1S/C19H12N4O3S2/c24-13-5-1-4-12(9-13)17(25)22-23-18(26)15(28-19(23)27)10-11-3-2-6-14-16(11)21-8-7-20-14/h1-10,24H,(H,22,25). The molecule has 2 aromatic carbocycles. The van der Waals surface area contributed by atoms with Gasteiger partial charge in [-0.15, -0.1) is 0 Å². The first-order valence-electron chi connectivity index (χ1n) is 8.10. The fraction of sp³-hybridized carbons (Fsp3) is 0. The van der Waals surface area contributed by atoms with Crippen LogP contribution in [0.15, 0.2) is 59.8 Å². The fourth-order valence-corrected chi connectivity index (χ4v) is 3.82. The van der Waals surface area contributed by atoms with Gasteiger partial charge in [-0.05, 0) is 42.6 Å². The van der Waals surface area contributed by atoms with Gasteiger partial charge in [0, 0.05) is 23.5 Å². The number of rotatable bonds is 3. The number of hydrogen-bond donors (Lipinski definition) is 2. The van der Waals surface area contributed by atoms with Crippen LogP contribution in [-0.2, 0) is 4.79 Å². The molecule has 0 saturated carbocycles. The van der Waals surface area contributed by atoms with Gasteiger partial charge in [-0.2, -0.15) is 5.01 Å². The van der Waals surface area contributed by atoms with Gasteiger partial charge in [0.2, 0.25) is 0 Å². The highest BCUT2D eigenvalue weighted by Crippen LogP contribution is 2.32. The van der Waals surface area contributed by atoms with Gasteiger partial charge in [0.1, 0.15) is 5.75 Å². The van der Waals surface area contributed by atoms with Gasteiger partial charge in [-0.3, -0.25) is 25.0 Å².